The van der Waals surface area contributed by atoms with Gasteiger partial charge in [0.2, 0.25) is 5.91 Å². The van der Waals surface area contributed by atoms with Gasteiger partial charge in [0.05, 0.1) is 6.04 Å². The summed E-state index contributed by atoms with van der Waals surface area (Å²) in [5, 5.41) is 2.98. The van der Waals surface area contributed by atoms with Crippen molar-refractivity contribution in [1.29, 1.82) is 0 Å². The molecule has 1 heterocycles. The van der Waals surface area contributed by atoms with Gasteiger partial charge in [0.25, 0.3) is 6.02 Å². The van der Waals surface area contributed by atoms with Gasteiger partial charge in [0.15, 0.2) is 0 Å². The van der Waals surface area contributed by atoms with Gasteiger partial charge in [-0.1, -0.05) is 18.6 Å². The number of anilines is 1. The Hall–Kier alpha value is -2.04. The van der Waals surface area contributed by atoms with Crippen LogP contribution in [0.15, 0.2) is 29.3 Å². The van der Waals surface area contributed by atoms with Gasteiger partial charge in [-0.2, -0.15) is 0 Å². The summed E-state index contributed by atoms with van der Waals surface area (Å²) in [5.41, 5.74) is 7.60. The molecule has 21 heavy (non-hydrogen) atoms. The maximum absolute atomic E-state index is 11.9. The van der Waals surface area contributed by atoms with Gasteiger partial charge in [-0.05, 0) is 43.4 Å². The summed E-state index contributed by atoms with van der Waals surface area (Å²) >= 11 is 0. The lowest BCUT2D eigenvalue weighted by Gasteiger charge is -2.24. The van der Waals surface area contributed by atoms with Crippen molar-refractivity contribution in [2.24, 2.45) is 16.6 Å². The van der Waals surface area contributed by atoms with E-state index in [1.54, 1.807) is 0 Å². The molecule has 1 aliphatic carbocycles. The van der Waals surface area contributed by atoms with Crippen molar-refractivity contribution >= 4 is 17.6 Å². The van der Waals surface area contributed by atoms with Crippen molar-refractivity contribution in [3.8, 4) is 0 Å². The Morgan fingerprint density at radius 1 is 1.33 bits per heavy atom. The molecule has 1 fully saturated rings. The maximum atomic E-state index is 11.9. The molecular weight excluding hydrogens is 266 g/mol. The van der Waals surface area contributed by atoms with Crippen LogP contribution in [-0.2, 0) is 16.0 Å². The fourth-order valence-corrected chi connectivity index (χ4v) is 2.59. The molecule has 0 saturated heterocycles. The van der Waals surface area contributed by atoms with Gasteiger partial charge in [0.1, 0.15) is 6.61 Å². The number of rotatable bonds is 5. The summed E-state index contributed by atoms with van der Waals surface area (Å²) in [6.45, 7) is 0.585. The summed E-state index contributed by atoms with van der Waals surface area (Å²) in [4.78, 5) is 16.1. The number of amides is 1. The number of aryl methyl sites for hydroxylation is 1. The van der Waals surface area contributed by atoms with E-state index in [2.05, 4.69) is 22.4 Å². The van der Waals surface area contributed by atoms with Gasteiger partial charge in [0, 0.05) is 11.6 Å². The molecule has 0 bridgehead atoms. The molecule has 5 heteroatoms. The molecule has 2 aliphatic rings. The first-order valence-electron chi connectivity index (χ1n) is 7.56. The molecule has 1 atom stereocenters. The van der Waals surface area contributed by atoms with E-state index in [9.17, 15) is 4.79 Å². The number of amidine groups is 1. The number of carbonyl (C=O) groups is 1. The third kappa shape index (κ3) is 3.54. The van der Waals surface area contributed by atoms with E-state index in [1.807, 2.05) is 12.1 Å². The molecule has 0 spiro atoms. The molecule has 1 amide bonds. The van der Waals surface area contributed by atoms with Crippen LogP contribution >= 0.6 is 0 Å². The van der Waals surface area contributed by atoms with Gasteiger partial charge in [-0.25, -0.2) is 4.99 Å². The molecule has 1 aromatic carbocycles. The minimum atomic E-state index is 0.155. The number of hydrogen-bond acceptors (Lipinski definition) is 4. The Kier molecular flexibility index (Phi) is 4.08. The minimum absolute atomic E-state index is 0.155. The summed E-state index contributed by atoms with van der Waals surface area (Å²) in [7, 11) is 0. The predicted molar refractivity (Wildman–Crippen MR) is 82.1 cm³/mol. The zero-order valence-electron chi connectivity index (χ0n) is 12.0. The van der Waals surface area contributed by atoms with Crippen LogP contribution < -0.4 is 11.1 Å². The summed E-state index contributed by atoms with van der Waals surface area (Å²) in [6.07, 6.45) is 5.08. The molecule has 1 aliphatic heterocycles. The van der Waals surface area contributed by atoms with Crippen molar-refractivity contribution in [3.63, 3.8) is 0 Å². The molecule has 0 aromatic heterocycles. The molecular formula is C16H21N3O2. The minimum Gasteiger partial charge on any atom is -0.463 e. The fourth-order valence-electron chi connectivity index (χ4n) is 2.59. The van der Waals surface area contributed by atoms with Gasteiger partial charge in [-0.3, -0.25) is 4.79 Å². The van der Waals surface area contributed by atoms with E-state index in [-0.39, 0.29) is 17.9 Å². The van der Waals surface area contributed by atoms with Crippen LogP contribution in [0, 0.1) is 5.92 Å². The highest BCUT2D eigenvalue weighted by molar-refractivity contribution is 5.92. The third-order valence-corrected chi connectivity index (χ3v) is 4.20. The van der Waals surface area contributed by atoms with Crippen LogP contribution in [0.3, 0.4) is 0 Å². The van der Waals surface area contributed by atoms with E-state index < -0.39 is 0 Å². The number of hydrogen-bond donors (Lipinski definition) is 2. The molecule has 1 aromatic rings. The monoisotopic (exact) mass is 287 g/mol. The van der Waals surface area contributed by atoms with Gasteiger partial charge in [-0.15, -0.1) is 0 Å². The number of nitrogens with two attached hydrogens (primary N) is 1. The second-order valence-electron chi connectivity index (χ2n) is 5.78. The molecule has 112 valence electrons. The van der Waals surface area contributed by atoms with Crippen LogP contribution in [0.2, 0.25) is 0 Å². The molecule has 0 unspecified atom stereocenters. The van der Waals surface area contributed by atoms with Crippen molar-refractivity contribution < 1.29 is 9.53 Å². The highest BCUT2D eigenvalue weighted by Gasteiger charge is 2.25. The van der Waals surface area contributed by atoms with Crippen molar-refractivity contribution in [2.45, 2.75) is 38.1 Å². The van der Waals surface area contributed by atoms with Crippen molar-refractivity contribution in [2.75, 3.05) is 11.9 Å². The Morgan fingerprint density at radius 2 is 2.10 bits per heavy atom. The van der Waals surface area contributed by atoms with E-state index >= 15 is 0 Å². The number of aliphatic imine (C=N–C) groups is 1. The number of carbonyl (C=O) groups excluding carboxylic acids is 1. The average molecular weight is 287 g/mol. The number of nitrogens with zero attached hydrogens (tertiary/aromatic N) is 1. The van der Waals surface area contributed by atoms with E-state index in [1.165, 1.54) is 12.0 Å². The van der Waals surface area contributed by atoms with Gasteiger partial charge >= 0.3 is 0 Å². The number of benzene rings is 1. The Balaban J connectivity index is 1.48. The number of nitrogens with one attached hydrogen (secondary N) is 1. The average Bonchev–Trinajstić information content (AvgIpc) is 2.82. The lowest BCUT2D eigenvalue weighted by Crippen LogP contribution is -2.27. The topological polar surface area (TPSA) is 76.7 Å². The van der Waals surface area contributed by atoms with Crippen LogP contribution in [0.1, 0.15) is 31.2 Å². The van der Waals surface area contributed by atoms with E-state index in [4.69, 9.17) is 10.5 Å². The van der Waals surface area contributed by atoms with Crippen molar-refractivity contribution in [3.05, 3.63) is 29.8 Å². The molecule has 3 N–H and O–H groups in total. The fraction of sp³-hybridized carbons (Fsp3) is 0.500. The van der Waals surface area contributed by atoms with Gasteiger partial charge < -0.3 is 15.8 Å². The summed E-state index contributed by atoms with van der Waals surface area (Å²) in [5.74, 6) is 0.372. The largest absolute Gasteiger partial charge is 0.463 e. The first-order chi connectivity index (χ1) is 10.2. The zero-order chi connectivity index (χ0) is 14.7. The molecule has 1 saturated carbocycles. The standard InChI is InChI=1S/C16H21N3O2/c17-16-19-14(10-21-16)9-6-11-4-7-13(8-5-11)18-15(20)12-2-1-3-12/h4-5,7-8,12,14H,1-3,6,9-10H2,(H2,17,19)(H,18,20)/t14-/m0/s1. The predicted octanol–water partition coefficient (Wildman–Crippen LogP) is 2.07. The van der Waals surface area contributed by atoms with E-state index in [0.29, 0.717) is 12.6 Å². The first kappa shape index (κ1) is 13.9. The maximum Gasteiger partial charge on any atom is 0.282 e. The quantitative estimate of drug-likeness (QED) is 0.870. The Bertz CT molecular complexity index is 535. The summed E-state index contributed by atoms with van der Waals surface area (Å²) < 4.78 is 5.14. The SMILES string of the molecule is NC1=N[C@@H](CCc2ccc(NC(=O)C3CCC3)cc2)CO1. The Morgan fingerprint density at radius 3 is 2.67 bits per heavy atom. The normalized spacial score (nSPS) is 21.3. The highest BCUT2D eigenvalue weighted by atomic mass is 16.5. The molecule has 0 radical (unpaired) electrons. The lowest BCUT2D eigenvalue weighted by atomic mass is 9.85. The van der Waals surface area contributed by atoms with E-state index in [0.717, 1.165) is 31.4 Å². The molecule has 3 rings (SSSR count). The van der Waals surface area contributed by atoms with Crippen LogP contribution in [0.5, 0.6) is 0 Å². The zero-order valence-corrected chi connectivity index (χ0v) is 12.0. The van der Waals surface area contributed by atoms with Crippen LogP contribution in [-0.4, -0.2) is 24.6 Å². The second-order valence-corrected chi connectivity index (χ2v) is 5.78. The van der Waals surface area contributed by atoms with Crippen molar-refractivity contribution in [1.82, 2.24) is 0 Å². The Labute approximate surface area is 124 Å². The lowest BCUT2D eigenvalue weighted by molar-refractivity contribution is -0.122. The second kappa shape index (κ2) is 6.16. The smallest absolute Gasteiger partial charge is 0.282 e. The molecule has 5 nitrogen and oxygen atoms in total. The first-order valence-corrected chi connectivity index (χ1v) is 7.56. The summed E-state index contributed by atoms with van der Waals surface area (Å²) in [6, 6.07) is 8.51. The number of ether oxygens (including phenoxy) is 1. The highest BCUT2D eigenvalue weighted by Crippen LogP contribution is 2.27. The third-order valence-electron chi connectivity index (χ3n) is 4.20. The van der Waals surface area contributed by atoms with Crippen LogP contribution in [0.25, 0.3) is 0 Å². The van der Waals surface area contributed by atoms with Crippen LogP contribution in [0.4, 0.5) is 5.69 Å².